The molecule has 24 heavy (non-hydrogen) atoms. The molecule has 0 aromatic heterocycles. The molecule has 6 heteroatoms. The highest BCUT2D eigenvalue weighted by molar-refractivity contribution is 6.74. The summed E-state index contributed by atoms with van der Waals surface area (Å²) < 4.78 is 24.5. The van der Waals surface area contributed by atoms with Gasteiger partial charge in [-0.25, -0.2) is 0 Å². The molecule has 0 saturated carbocycles. The average molecular weight is 377 g/mol. The summed E-state index contributed by atoms with van der Waals surface area (Å²) >= 11 is 0. The summed E-state index contributed by atoms with van der Waals surface area (Å²) in [7, 11) is -1.94. The molecule has 0 unspecified atom stereocenters. The van der Waals surface area contributed by atoms with Crippen LogP contribution in [0.3, 0.4) is 0 Å². The van der Waals surface area contributed by atoms with Gasteiger partial charge >= 0.3 is 0 Å². The molecule has 144 valence electrons. The van der Waals surface area contributed by atoms with Crippen molar-refractivity contribution in [3.8, 4) is 0 Å². The van der Waals surface area contributed by atoms with Crippen molar-refractivity contribution in [3.63, 3.8) is 0 Å². The third kappa shape index (κ3) is 5.38. The molecule has 0 aliphatic carbocycles. The lowest BCUT2D eigenvalue weighted by molar-refractivity contribution is -0.125. The monoisotopic (exact) mass is 376 g/mol. The van der Waals surface area contributed by atoms with Crippen molar-refractivity contribution in [3.05, 3.63) is 0 Å². The van der Waals surface area contributed by atoms with Crippen LogP contribution in [0.25, 0.3) is 0 Å². The van der Waals surface area contributed by atoms with Gasteiger partial charge in [0.15, 0.2) is 22.9 Å². The van der Waals surface area contributed by atoms with E-state index in [1.165, 1.54) is 0 Å². The Morgan fingerprint density at radius 1 is 0.917 bits per heavy atom. The van der Waals surface area contributed by atoms with E-state index in [4.69, 9.17) is 18.3 Å². The molecule has 3 atom stereocenters. The summed E-state index contributed by atoms with van der Waals surface area (Å²) in [5, 5.41) is 0.380. The van der Waals surface area contributed by atoms with Gasteiger partial charge in [0, 0.05) is 13.5 Å². The Hall–Kier alpha value is 0.274. The van der Waals surface area contributed by atoms with E-state index in [1.54, 1.807) is 7.11 Å². The van der Waals surface area contributed by atoms with Crippen LogP contribution in [0.15, 0.2) is 0 Å². The molecule has 1 aliphatic rings. The lowest BCUT2D eigenvalue weighted by Gasteiger charge is -2.40. The van der Waals surface area contributed by atoms with E-state index in [2.05, 4.69) is 67.7 Å². The highest BCUT2D eigenvalue weighted by Gasteiger charge is 2.46. The Kier molecular flexibility index (Phi) is 6.96. The Labute approximate surface area is 151 Å². The standard InChI is InChI=1S/C18H40O4Si2/c1-17(2,3)23(8,9)20-13-15-14(12-16(19-7)21-15)22-24(10,11)18(4,5)6/h14-16H,12-13H2,1-11H3/t14-,15+,16+/m0/s1. The van der Waals surface area contributed by atoms with E-state index < -0.39 is 16.6 Å². The van der Waals surface area contributed by atoms with Crippen molar-refractivity contribution in [1.29, 1.82) is 0 Å². The molecule has 0 radical (unpaired) electrons. The highest BCUT2D eigenvalue weighted by atomic mass is 28.4. The van der Waals surface area contributed by atoms with Gasteiger partial charge in [0.25, 0.3) is 0 Å². The predicted octanol–water partition coefficient (Wildman–Crippen LogP) is 5.16. The van der Waals surface area contributed by atoms with Crippen molar-refractivity contribution >= 4 is 16.6 Å². The van der Waals surface area contributed by atoms with E-state index in [0.29, 0.717) is 6.61 Å². The summed E-state index contributed by atoms with van der Waals surface area (Å²) in [6.07, 6.45) is 0.612. The molecular formula is C18H40O4Si2. The lowest BCUT2D eigenvalue weighted by atomic mass is 10.2. The first-order valence-electron chi connectivity index (χ1n) is 9.11. The number of ether oxygens (including phenoxy) is 2. The van der Waals surface area contributed by atoms with E-state index >= 15 is 0 Å². The zero-order valence-electron chi connectivity index (χ0n) is 17.8. The van der Waals surface area contributed by atoms with Crippen LogP contribution in [0, 0.1) is 0 Å². The van der Waals surface area contributed by atoms with Gasteiger partial charge < -0.3 is 18.3 Å². The van der Waals surface area contributed by atoms with Crippen LogP contribution >= 0.6 is 0 Å². The van der Waals surface area contributed by atoms with Gasteiger partial charge in [0.1, 0.15) is 6.10 Å². The van der Waals surface area contributed by atoms with Crippen molar-refractivity contribution in [2.45, 2.75) is 103 Å². The van der Waals surface area contributed by atoms with Crippen molar-refractivity contribution in [1.82, 2.24) is 0 Å². The van der Waals surface area contributed by atoms with Crippen molar-refractivity contribution < 1.29 is 18.3 Å². The molecular weight excluding hydrogens is 336 g/mol. The molecule has 0 spiro atoms. The quantitative estimate of drug-likeness (QED) is 0.600. The van der Waals surface area contributed by atoms with Crippen molar-refractivity contribution in [2.75, 3.05) is 13.7 Å². The summed E-state index contributed by atoms with van der Waals surface area (Å²) in [5.74, 6) is 0. The molecule has 4 nitrogen and oxygen atoms in total. The van der Waals surface area contributed by atoms with Crippen LogP contribution in [-0.4, -0.2) is 48.8 Å². The number of hydrogen-bond acceptors (Lipinski definition) is 4. The van der Waals surface area contributed by atoms with Crippen LogP contribution < -0.4 is 0 Å². The molecule has 0 amide bonds. The Morgan fingerprint density at radius 3 is 1.83 bits per heavy atom. The van der Waals surface area contributed by atoms with Crippen LogP contribution in [-0.2, 0) is 18.3 Å². The number of hydrogen-bond donors (Lipinski definition) is 0. The maximum absolute atomic E-state index is 6.63. The topological polar surface area (TPSA) is 36.9 Å². The Balaban J connectivity index is 2.80. The zero-order chi connectivity index (χ0) is 19.0. The van der Waals surface area contributed by atoms with Crippen LogP contribution in [0.2, 0.25) is 36.3 Å². The van der Waals surface area contributed by atoms with E-state index in [1.807, 2.05) is 0 Å². The first kappa shape index (κ1) is 22.3. The van der Waals surface area contributed by atoms with Gasteiger partial charge in [0.2, 0.25) is 0 Å². The minimum absolute atomic E-state index is 0.0433. The minimum Gasteiger partial charge on any atom is -0.414 e. The highest BCUT2D eigenvalue weighted by Crippen LogP contribution is 2.41. The molecule has 0 aromatic carbocycles. The maximum Gasteiger partial charge on any atom is 0.192 e. The first-order chi connectivity index (χ1) is 10.6. The van der Waals surface area contributed by atoms with Gasteiger partial charge in [0.05, 0.1) is 12.7 Å². The molecule has 1 heterocycles. The van der Waals surface area contributed by atoms with Gasteiger partial charge in [-0.2, -0.15) is 0 Å². The molecule has 1 saturated heterocycles. The van der Waals surface area contributed by atoms with Gasteiger partial charge in [-0.05, 0) is 36.3 Å². The smallest absolute Gasteiger partial charge is 0.192 e. The SMILES string of the molecule is CO[C@H]1C[C@H](O[Si](C)(C)C(C)(C)C)[C@@H](CO[Si](C)(C)C(C)(C)C)O1. The summed E-state index contributed by atoms with van der Waals surface area (Å²) in [6.45, 7) is 23.3. The second-order valence-electron chi connectivity index (χ2n) is 10.1. The second-order valence-corrected chi connectivity index (χ2v) is 19.6. The normalized spacial score (nSPS) is 26.9. The second kappa shape index (κ2) is 7.49. The minimum atomic E-state index is -1.85. The van der Waals surface area contributed by atoms with E-state index in [-0.39, 0.29) is 28.6 Å². The molecule has 1 rings (SSSR count). The summed E-state index contributed by atoms with van der Waals surface area (Å²) in [4.78, 5) is 0. The Morgan fingerprint density at radius 2 is 1.42 bits per heavy atom. The third-order valence-corrected chi connectivity index (χ3v) is 15.1. The fraction of sp³-hybridized carbons (Fsp3) is 1.00. The number of rotatable bonds is 6. The average Bonchev–Trinajstić information content (AvgIpc) is 2.75. The zero-order valence-corrected chi connectivity index (χ0v) is 19.8. The Bertz CT molecular complexity index is 410. The molecule has 0 N–H and O–H groups in total. The summed E-state index contributed by atoms with van der Waals surface area (Å²) in [6, 6.07) is 0. The summed E-state index contributed by atoms with van der Waals surface area (Å²) in [5.41, 5.74) is 0. The molecule has 0 aromatic rings. The van der Waals surface area contributed by atoms with Crippen LogP contribution in [0.4, 0.5) is 0 Å². The van der Waals surface area contributed by atoms with E-state index in [9.17, 15) is 0 Å². The molecule has 1 aliphatic heterocycles. The number of methoxy groups -OCH3 is 1. The largest absolute Gasteiger partial charge is 0.414 e. The predicted molar refractivity (Wildman–Crippen MR) is 106 cm³/mol. The fourth-order valence-corrected chi connectivity index (χ4v) is 4.54. The third-order valence-electron chi connectivity index (χ3n) is 6.10. The van der Waals surface area contributed by atoms with Crippen molar-refractivity contribution in [2.24, 2.45) is 0 Å². The van der Waals surface area contributed by atoms with Crippen LogP contribution in [0.5, 0.6) is 0 Å². The van der Waals surface area contributed by atoms with Gasteiger partial charge in [-0.15, -0.1) is 0 Å². The molecule has 0 bridgehead atoms. The van der Waals surface area contributed by atoms with Gasteiger partial charge in [-0.1, -0.05) is 41.5 Å². The maximum atomic E-state index is 6.63. The first-order valence-corrected chi connectivity index (χ1v) is 14.9. The fourth-order valence-electron chi connectivity index (χ4n) is 2.16. The van der Waals surface area contributed by atoms with Gasteiger partial charge in [-0.3, -0.25) is 0 Å². The molecule has 1 fully saturated rings. The van der Waals surface area contributed by atoms with E-state index in [0.717, 1.165) is 6.42 Å². The lowest BCUT2D eigenvalue weighted by Crippen LogP contribution is -2.48. The van der Waals surface area contributed by atoms with Crippen LogP contribution in [0.1, 0.15) is 48.0 Å².